The predicted molar refractivity (Wildman–Crippen MR) is 87.5 cm³/mol. The third-order valence-electron chi connectivity index (χ3n) is 3.95. The zero-order chi connectivity index (χ0) is 16.6. The molecule has 3 rings (SSSR count). The number of nitrogens with zero attached hydrogens (tertiary/aromatic N) is 1. The normalized spacial score (nSPS) is 14.8. The number of hydrogen-bond acceptors (Lipinski definition) is 3. The molecule has 1 aliphatic heterocycles. The highest BCUT2D eigenvalue weighted by Gasteiger charge is 2.39. The molecule has 2 amide bonds. The molecule has 1 aliphatic rings. The molecule has 1 heterocycles. The molecular weight excluding hydrogens is 290 g/mol. The topological polar surface area (TPSA) is 57.6 Å². The molecule has 2 aromatic rings. The molecule has 0 bridgehead atoms. The first-order valence-electron chi connectivity index (χ1n) is 7.39. The number of amides is 2. The lowest BCUT2D eigenvalue weighted by Crippen LogP contribution is -2.31. The summed E-state index contributed by atoms with van der Waals surface area (Å²) in [4.78, 5) is 25.9. The van der Waals surface area contributed by atoms with Crippen molar-refractivity contribution in [1.82, 2.24) is 4.90 Å². The largest absolute Gasteiger partial charge is 0.502 e. The third-order valence-corrected chi connectivity index (χ3v) is 3.95. The van der Waals surface area contributed by atoms with Crippen LogP contribution in [0.25, 0.3) is 5.57 Å². The summed E-state index contributed by atoms with van der Waals surface area (Å²) < 4.78 is 0. The lowest BCUT2D eigenvalue weighted by molar-refractivity contribution is -0.138. The lowest BCUT2D eigenvalue weighted by Gasteiger charge is -2.14. The van der Waals surface area contributed by atoms with Gasteiger partial charge in [-0.3, -0.25) is 14.5 Å². The van der Waals surface area contributed by atoms with E-state index in [1.165, 1.54) is 0 Å². The number of aliphatic hydroxyl groups is 1. The van der Waals surface area contributed by atoms with E-state index in [1.807, 2.05) is 50.2 Å². The Balaban J connectivity index is 1.89. The van der Waals surface area contributed by atoms with Crippen molar-refractivity contribution >= 4 is 17.4 Å². The molecule has 116 valence electrons. The minimum Gasteiger partial charge on any atom is -0.502 e. The molecule has 4 nitrogen and oxygen atoms in total. The molecule has 0 radical (unpaired) electrons. The number of aliphatic hydroxyl groups excluding tert-OH is 1. The van der Waals surface area contributed by atoms with Crippen molar-refractivity contribution in [3.05, 3.63) is 76.5 Å². The van der Waals surface area contributed by atoms with Crippen molar-refractivity contribution in [2.75, 3.05) is 0 Å². The van der Waals surface area contributed by atoms with Gasteiger partial charge >= 0.3 is 0 Å². The second-order valence-electron chi connectivity index (χ2n) is 5.77. The smallest absolute Gasteiger partial charge is 0.296 e. The summed E-state index contributed by atoms with van der Waals surface area (Å²) in [5.41, 5.74) is 3.62. The molecule has 0 aromatic heterocycles. The molecule has 0 atom stereocenters. The fourth-order valence-corrected chi connectivity index (χ4v) is 2.56. The van der Waals surface area contributed by atoms with Gasteiger partial charge in [0.2, 0.25) is 0 Å². The van der Waals surface area contributed by atoms with Gasteiger partial charge in [0.1, 0.15) is 0 Å². The number of aryl methyl sites for hydroxylation is 2. The van der Waals surface area contributed by atoms with E-state index < -0.39 is 17.6 Å². The van der Waals surface area contributed by atoms with Gasteiger partial charge in [0.25, 0.3) is 11.8 Å². The van der Waals surface area contributed by atoms with E-state index in [2.05, 4.69) is 0 Å². The second-order valence-corrected chi connectivity index (χ2v) is 5.77. The number of benzene rings is 2. The van der Waals surface area contributed by atoms with Gasteiger partial charge in [-0.15, -0.1) is 0 Å². The minimum atomic E-state index is -0.647. The van der Waals surface area contributed by atoms with Gasteiger partial charge < -0.3 is 5.11 Å². The monoisotopic (exact) mass is 307 g/mol. The van der Waals surface area contributed by atoms with Gasteiger partial charge in [-0.1, -0.05) is 59.7 Å². The Morgan fingerprint density at radius 2 is 1.35 bits per heavy atom. The van der Waals surface area contributed by atoms with E-state index in [4.69, 9.17) is 0 Å². The quantitative estimate of drug-likeness (QED) is 0.886. The molecule has 0 saturated heterocycles. The summed E-state index contributed by atoms with van der Waals surface area (Å²) >= 11 is 0. The number of imide groups is 1. The van der Waals surface area contributed by atoms with E-state index in [0.29, 0.717) is 5.56 Å². The van der Waals surface area contributed by atoms with Crippen molar-refractivity contribution in [1.29, 1.82) is 0 Å². The van der Waals surface area contributed by atoms with Crippen molar-refractivity contribution in [3.8, 4) is 0 Å². The van der Waals surface area contributed by atoms with Gasteiger partial charge in [-0.05, 0) is 25.0 Å². The molecule has 0 aliphatic carbocycles. The van der Waals surface area contributed by atoms with Crippen LogP contribution < -0.4 is 0 Å². The summed E-state index contributed by atoms with van der Waals surface area (Å²) in [6.45, 7) is 4.06. The Kier molecular flexibility index (Phi) is 3.74. The highest BCUT2D eigenvalue weighted by molar-refractivity contribution is 6.34. The Labute approximate surface area is 134 Å². The molecule has 1 N–H and O–H groups in total. The number of hydrogen-bond donors (Lipinski definition) is 1. The molecule has 0 unspecified atom stereocenters. The summed E-state index contributed by atoms with van der Waals surface area (Å²) in [7, 11) is 0. The second kappa shape index (κ2) is 5.72. The standard InChI is InChI=1S/C19H17NO3/c1-12-3-7-14(8-4-12)11-20-18(22)16(17(21)19(20)23)15-9-5-13(2)6-10-15/h3-10,21H,11H2,1-2H3. The first-order valence-corrected chi connectivity index (χ1v) is 7.39. The van der Waals surface area contributed by atoms with Gasteiger partial charge in [0, 0.05) is 0 Å². The number of carbonyl (C=O) groups is 2. The number of rotatable bonds is 3. The maximum atomic E-state index is 12.6. The Bertz CT molecular complexity index is 802. The van der Waals surface area contributed by atoms with Gasteiger partial charge in [-0.25, -0.2) is 0 Å². The van der Waals surface area contributed by atoms with Crippen LogP contribution in [0.4, 0.5) is 0 Å². The van der Waals surface area contributed by atoms with Crippen LogP contribution in [-0.4, -0.2) is 21.8 Å². The Morgan fingerprint density at radius 1 is 0.826 bits per heavy atom. The molecule has 4 heteroatoms. The van der Waals surface area contributed by atoms with Crippen LogP contribution in [-0.2, 0) is 16.1 Å². The van der Waals surface area contributed by atoms with Crippen LogP contribution in [0.2, 0.25) is 0 Å². The average Bonchev–Trinajstić information content (AvgIpc) is 2.74. The number of carbonyl (C=O) groups excluding carboxylic acids is 2. The maximum Gasteiger partial charge on any atom is 0.296 e. The van der Waals surface area contributed by atoms with E-state index in [0.717, 1.165) is 21.6 Å². The maximum absolute atomic E-state index is 12.6. The fraction of sp³-hybridized carbons (Fsp3) is 0.158. The highest BCUT2D eigenvalue weighted by atomic mass is 16.3. The van der Waals surface area contributed by atoms with Crippen LogP contribution in [0.3, 0.4) is 0 Å². The van der Waals surface area contributed by atoms with Crippen LogP contribution in [0, 0.1) is 13.8 Å². The lowest BCUT2D eigenvalue weighted by atomic mass is 10.0. The fourth-order valence-electron chi connectivity index (χ4n) is 2.56. The molecular formula is C19H17NO3. The summed E-state index contributed by atoms with van der Waals surface area (Å²) in [6, 6.07) is 14.8. The van der Waals surface area contributed by atoms with E-state index in [1.54, 1.807) is 12.1 Å². The van der Waals surface area contributed by atoms with Crippen LogP contribution in [0.5, 0.6) is 0 Å². The molecule has 0 fully saturated rings. The SMILES string of the molecule is Cc1ccc(CN2C(=O)C(O)=C(c3ccc(C)cc3)C2=O)cc1. The molecule has 23 heavy (non-hydrogen) atoms. The van der Waals surface area contributed by atoms with Gasteiger partial charge in [0.15, 0.2) is 5.76 Å². The molecule has 0 saturated carbocycles. The highest BCUT2D eigenvalue weighted by Crippen LogP contribution is 2.29. The average molecular weight is 307 g/mol. The Hall–Kier alpha value is -2.88. The van der Waals surface area contributed by atoms with Crippen molar-refractivity contribution in [3.63, 3.8) is 0 Å². The predicted octanol–water partition coefficient (Wildman–Crippen LogP) is 3.14. The van der Waals surface area contributed by atoms with Crippen molar-refractivity contribution < 1.29 is 14.7 Å². The summed E-state index contributed by atoms with van der Waals surface area (Å²) in [5.74, 6) is -1.59. The van der Waals surface area contributed by atoms with Gasteiger partial charge in [0.05, 0.1) is 12.1 Å². The first-order chi connectivity index (χ1) is 11.0. The van der Waals surface area contributed by atoms with E-state index in [-0.39, 0.29) is 12.1 Å². The minimum absolute atomic E-state index is 0.0714. The van der Waals surface area contributed by atoms with Gasteiger partial charge in [-0.2, -0.15) is 0 Å². The van der Waals surface area contributed by atoms with Crippen LogP contribution in [0.15, 0.2) is 54.3 Å². The summed E-state index contributed by atoms with van der Waals surface area (Å²) in [5, 5.41) is 10.1. The molecule has 0 spiro atoms. The Morgan fingerprint density at radius 3 is 1.91 bits per heavy atom. The zero-order valence-electron chi connectivity index (χ0n) is 13.0. The van der Waals surface area contributed by atoms with Crippen molar-refractivity contribution in [2.45, 2.75) is 20.4 Å². The van der Waals surface area contributed by atoms with E-state index in [9.17, 15) is 14.7 Å². The van der Waals surface area contributed by atoms with E-state index >= 15 is 0 Å². The van der Waals surface area contributed by atoms with Crippen LogP contribution in [0.1, 0.15) is 22.3 Å². The molecule has 2 aromatic carbocycles. The summed E-state index contributed by atoms with van der Waals surface area (Å²) in [6.07, 6.45) is 0. The third kappa shape index (κ3) is 2.75. The zero-order valence-corrected chi connectivity index (χ0v) is 13.0. The first kappa shape index (κ1) is 15.0. The van der Waals surface area contributed by atoms with Crippen LogP contribution >= 0.6 is 0 Å². The van der Waals surface area contributed by atoms with Crippen molar-refractivity contribution in [2.24, 2.45) is 0 Å².